The first-order valence-electron chi connectivity index (χ1n) is 10.4. The maximum Gasteiger partial charge on any atom is 0.240 e. The predicted octanol–water partition coefficient (Wildman–Crippen LogP) is 3.80. The average molecular weight is 444 g/mol. The highest BCUT2D eigenvalue weighted by atomic mass is 32.2. The van der Waals surface area contributed by atoms with Gasteiger partial charge in [-0.1, -0.05) is 41.5 Å². The van der Waals surface area contributed by atoms with Gasteiger partial charge in [0.05, 0.1) is 11.5 Å². The number of hydrogen-bond acceptors (Lipinski definition) is 5. The molecule has 1 aliphatic heterocycles. The van der Waals surface area contributed by atoms with Crippen molar-refractivity contribution in [3.05, 3.63) is 64.5 Å². The van der Waals surface area contributed by atoms with Gasteiger partial charge in [-0.3, -0.25) is 0 Å². The monoisotopic (exact) mass is 443 g/mol. The van der Waals surface area contributed by atoms with Crippen LogP contribution in [-0.4, -0.2) is 53.2 Å². The Hall–Kier alpha value is -2.42. The first kappa shape index (κ1) is 23.2. The van der Waals surface area contributed by atoms with E-state index >= 15 is 0 Å². The Kier molecular flexibility index (Phi) is 8.45. The minimum absolute atomic E-state index is 0.258. The van der Waals surface area contributed by atoms with Gasteiger partial charge in [0.2, 0.25) is 10.0 Å². The number of piperidine rings is 1. The van der Waals surface area contributed by atoms with E-state index in [0.717, 1.165) is 42.6 Å². The number of nitrogens with one attached hydrogen (secondary N) is 1. The summed E-state index contributed by atoms with van der Waals surface area (Å²) in [6, 6.07) is 14.9. The van der Waals surface area contributed by atoms with Gasteiger partial charge in [-0.15, -0.1) is 0 Å². The molecule has 2 aromatic rings. The number of rotatable bonds is 10. The maximum atomic E-state index is 12.7. The summed E-state index contributed by atoms with van der Waals surface area (Å²) in [7, 11) is -1.90. The summed E-state index contributed by atoms with van der Waals surface area (Å²) in [5, 5.41) is 3.65. The van der Waals surface area contributed by atoms with Crippen LogP contribution in [0.15, 0.2) is 58.5 Å². The Balaban J connectivity index is 1.54. The third kappa shape index (κ3) is 6.53. The molecule has 1 N–H and O–H groups in total. The molecule has 166 valence electrons. The lowest BCUT2D eigenvalue weighted by atomic mass is 9.97. The summed E-state index contributed by atoms with van der Waals surface area (Å²) in [4.78, 5) is 5.32. The Morgan fingerprint density at radius 2 is 1.87 bits per heavy atom. The van der Waals surface area contributed by atoms with Gasteiger partial charge in [0, 0.05) is 31.7 Å². The van der Waals surface area contributed by atoms with Crippen molar-refractivity contribution in [2.75, 3.05) is 39.8 Å². The van der Waals surface area contributed by atoms with Crippen LogP contribution in [0.5, 0.6) is 0 Å². The molecule has 2 aromatic carbocycles. The summed E-state index contributed by atoms with van der Waals surface area (Å²) in [5.41, 5.74) is 11.5. The van der Waals surface area contributed by atoms with E-state index in [1.165, 1.54) is 0 Å². The highest BCUT2D eigenvalue weighted by Crippen LogP contribution is 2.25. The molecule has 0 unspecified atom stereocenters. The number of benzene rings is 2. The zero-order valence-electron chi connectivity index (χ0n) is 17.8. The Labute approximate surface area is 183 Å². The predicted molar refractivity (Wildman–Crippen MR) is 121 cm³/mol. The van der Waals surface area contributed by atoms with Crippen molar-refractivity contribution in [1.82, 2.24) is 9.62 Å². The van der Waals surface area contributed by atoms with Gasteiger partial charge in [0.25, 0.3) is 0 Å². The second kappa shape index (κ2) is 11.3. The van der Waals surface area contributed by atoms with Crippen molar-refractivity contribution < 1.29 is 13.2 Å². The summed E-state index contributed by atoms with van der Waals surface area (Å²) in [5.74, 6) is 0.427. The van der Waals surface area contributed by atoms with Gasteiger partial charge >= 0.3 is 0 Å². The van der Waals surface area contributed by atoms with Crippen molar-refractivity contribution in [1.29, 1.82) is 0 Å². The summed E-state index contributed by atoms with van der Waals surface area (Å²) in [6.07, 6.45) is 1.94. The number of ether oxygens (including phenoxy) is 1. The van der Waals surface area contributed by atoms with Crippen LogP contribution in [0.25, 0.3) is 21.6 Å². The molecule has 0 spiro atoms. The molecule has 0 saturated carbocycles. The highest BCUT2D eigenvalue weighted by Gasteiger charge is 2.19. The molecule has 1 aliphatic rings. The number of hydrogen-bond donors (Lipinski definition) is 1. The van der Waals surface area contributed by atoms with Gasteiger partial charge in [0.15, 0.2) is 0 Å². The van der Waals surface area contributed by atoms with E-state index in [4.69, 9.17) is 10.3 Å². The van der Waals surface area contributed by atoms with Crippen LogP contribution < -0.4 is 4.72 Å². The molecule has 0 amide bonds. The van der Waals surface area contributed by atoms with E-state index in [-0.39, 0.29) is 4.90 Å². The van der Waals surface area contributed by atoms with E-state index in [1.807, 2.05) is 36.4 Å². The fourth-order valence-electron chi connectivity index (χ4n) is 3.86. The molecular weight excluding hydrogens is 414 g/mol. The molecule has 0 radical (unpaired) electrons. The maximum absolute atomic E-state index is 12.7. The van der Waals surface area contributed by atoms with Gasteiger partial charge in [-0.2, -0.15) is 0 Å². The molecule has 0 aliphatic carbocycles. The summed E-state index contributed by atoms with van der Waals surface area (Å²) >= 11 is 0. The fraction of sp³-hybridized carbons (Fsp3) is 0.455. The molecule has 0 atom stereocenters. The van der Waals surface area contributed by atoms with Gasteiger partial charge in [-0.05, 0) is 66.2 Å². The minimum Gasteiger partial charge on any atom is -0.380 e. The van der Waals surface area contributed by atoms with E-state index in [9.17, 15) is 8.42 Å². The quantitative estimate of drug-likeness (QED) is 0.342. The van der Waals surface area contributed by atoms with Crippen molar-refractivity contribution in [2.45, 2.75) is 24.3 Å². The van der Waals surface area contributed by atoms with E-state index in [0.29, 0.717) is 32.2 Å². The first-order chi connectivity index (χ1) is 15.0. The van der Waals surface area contributed by atoms with Crippen LogP contribution in [0, 0.1) is 5.92 Å². The lowest BCUT2D eigenvalue weighted by Crippen LogP contribution is -2.40. The van der Waals surface area contributed by atoms with Crippen molar-refractivity contribution >= 4 is 10.0 Å². The largest absolute Gasteiger partial charge is 0.380 e. The Morgan fingerprint density at radius 1 is 1.16 bits per heavy atom. The molecule has 31 heavy (non-hydrogen) atoms. The number of azide groups is 1. The van der Waals surface area contributed by atoms with Crippen LogP contribution in [0.1, 0.15) is 18.4 Å². The number of methoxy groups -OCH3 is 1. The highest BCUT2D eigenvalue weighted by molar-refractivity contribution is 7.89. The number of likely N-dealkylation sites (tertiary alicyclic amines) is 1. The molecule has 0 aromatic heterocycles. The van der Waals surface area contributed by atoms with Crippen LogP contribution in [-0.2, 0) is 21.4 Å². The molecule has 1 fully saturated rings. The van der Waals surface area contributed by atoms with E-state index < -0.39 is 10.0 Å². The molecule has 8 nitrogen and oxygen atoms in total. The lowest BCUT2D eigenvalue weighted by molar-refractivity contribution is 0.185. The molecule has 1 heterocycles. The third-order valence-corrected chi connectivity index (χ3v) is 7.10. The molecule has 1 saturated heterocycles. The van der Waals surface area contributed by atoms with Crippen LogP contribution in [0.2, 0.25) is 0 Å². The first-order valence-corrected chi connectivity index (χ1v) is 11.9. The standard InChI is InChI=1S/C22H29N5O3S/c1-30-17-20-4-2-3-5-22(20)19-6-8-21(9-7-19)31(28,29)25-12-15-27-13-10-18(11-14-27)16-24-26-23/h2-9,18,25H,10-17H2,1H3. The third-order valence-electron chi connectivity index (χ3n) is 5.62. The lowest BCUT2D eigenvalue weighted by Gasteiger charge is -2.31. The van der Waals surface area contributed by atoms with Crippen LogP contribution in [0.4, 0.5) is 0 Å². The Morgan fingerprint density at radius 3 is 2.55 bits per heavy atom. The second-order valence-electron chi connectivity index (χ2n) is 7.71. The molecule has 9 heteroatoms. The summed E-state index contributed by atoms with van der Waals surface area (Å²) < 4.78 is 33.3. The summed E-state index contributed by atoms with van der Waals surface area (Å²) in [6.45, 7) is 3.85. The number of nitrogens with zero attached hydrogens (tertiary/aromatic N) is 4. The van der Waals surface area contributed by atoms with E-state index in [1.54, 1.807) is 19.2 Å². The minimum atomic E-state index is -3.56. The molecule has 3 rings (SSSR count). The smallest absolute Gasteiger partial charge is 0.240 e. The second-order valence-corrected chi connectivity index (χ2v) is 9.48. The zero-order valence-corrected chi connectivity index (χ0v) is 18.6. The normalized spacial score (nSPS) is 15.5. The molecular formula is C22H29N5O3S. The van der Waals surface area contributed by atoms with Crippen LogP contribution in [0.3, 0.4) is 0 Å². The number of sulfonamides is 1. The SMILES string of the molecule is COCc1ccccc1-c1ccc(S(=O)(=O)NCCN2CCC(CN=[N+]=[N-])CC2)cc1. The zero-order chi connectivity index (χ0) is 22.1. The topological polar surface area (TPSA) is 107 Å². The Bertz CT molecular complexity index is 996. The van der Waals surface area contributed by atoms with Gasteiger partial charge in [0.1, 0.15) is 0 Å². The van der Waals surface area contributed by atoms with Crippen molar-refractivity contribution in [3.63, 3.8) is 0 Å². The van der Waals surface area contributed by atoms with Crippen LogP contribution >= 0.6 is 0 Å². The van der Waals surface area contributed by atoms with Gasteiger partial charge < -0.3 is 9.64 Å². The van der Waals surface area contributed by atoms with Crippen molar-refractivity contribution in [2.24, 2.45) is 11.0 Å². The van der Waals surface area contributed by atoms with Crippen molar-refractivity contribution in [3.8, 4) is 11.1 Å². The molecule has 0 bridgehead atoms. The fourth-order valence-corrected chi connectivity index (χ4v) is 4.88. The van der Waals surface area contributed by atoms with E-state index in [2.05, 4.69) is 19.6 Å². The van der Waals surface area contributed by atoms with Gasteiger partial charge in [-0.25, -0.2) is 13.1 Å². The average Bonchev–Trinajstić information content (AvgIpc) is 2.79.